The molecule has 1 aliphatic heterocycles. The molecule has 0 spiro atoms. The number of ether oxygens (including phenoxy) is 1. The third kappa shape index (κ3) is 9.05. The van der Waals surface area contributed by atoms with Gasteiger partial charge >= 0.3 is 6.61 Å². The number of unbranched alkanes of at least 4 members (excludes halogenated alkanes) is 1. The van der Waals surface area contributed by atoms with Gasteiger partial charge in [0.2, 0.25) is 0 Å². The number of aliphatic imine (C=N–C) groups is 1. The van der Waals surface area contributed by atoms with E-state index in [0.29, 0.717) is 6.54 Å². The zero-order valence-corrected chi connectivity index (χ0v) is 18.5. The van der Waals surface area contributed by atoms with Gasteiger partial charge in [-0.25, -0.2) is 0 Å². The molecule has 1 N–H and O–H groups in total. The molecule has 1 saturated heterocycles. The standard InChI is InChI=1S/C19H30F2N4O.HI/c1-22-19(23-11-3-4-12-25-13-5-6-14-25)24(2)15-16-7-9-17(10-8-16)26-18(20)21;/h7-10,18H,3-6,11-15H2,1-2H3,(H,22,23);1H. The van der Waals surface area contributed by atoms with E-state index in [2.05, 4.69) is 19.9 Å². The lowest BCUT2D eigenvalue weighted by Gasteiger charge is -2.22. The Bertz CT molecular complexity index is 551. The van der Waals surface area contributed by atoms with Crippen molar-refractivity contribution >= 4 is 29.9 Å². The molecule has 0 saturated carbocycles. The molecular formula is C19H31F2IN4O. The van der Waals surface area contributed by atoms with Crippen LogP contribution in [0.3, 0.4) is 0 Å². The van der Waals surface area contributed by atoms with Crippen molar-refractivity contribution in [3.8, 4) is 5.75 Å². The first-order valence-electron chi connectivity index (χ1n) is 9.26. The molecule has 1 aromatic rings. The fourth-order valence-corrected chi connectivity index (χ4v) is 3.18. The summed E-state index contributed by atoms with van der Waals surface area (Å²) in [6, 6.07) is 6.70. The minimum atomic E-state index is -2.79. The second-order valence-corrected chi connectivity index (χ2v) is 6.61. The van der Waals surface area contributed by atoms with Crippen molar-refractivity contribution in [2.75, 3.05) is 40.3 Å². The Hall–Kier alpha value is -1.16. The predicted octanol–water partition coefficient (Wildman–Crippen LogP) is 3.79. The summed E-state index contributed by atoms with van der Waals surface area (Å²) < 4.78 is 28.7. The SMILES string of the molecule is CN=C(NCCCCN1CCCC1)N(C)Cc1ccc(OC(F)F)cc1.I. The van der Waals surface area contributed by atoms with Crippen molar-refractivity contribution in [3.05, 3.63) is 29.8 Å². The molecule has 27 heavy (non-hydrogen) atoms. The highest BCUT2D eigenvalue weighted by Gasteiger charge is 2.11. The normalized spacial score (nSPS) is 14.9. The largest absolute Gasteiger partial charge is 0.435 e. The summed E-state index contributed by atoms with van der Waals surface area (Å²) in [5.74, 6) is 1.01. The Morgan fingerprint density at radius 1 is 1.22 bits per heavy atom. The van der Waals surface area contributed by atoms with Crippen LogP contribution in [0.25, 0.3) is 0 Å². The lowest BCUT2D eigenvalue weighted by molar-refractivity contribution is -0.0498. The van der Waals surface area contributed by atoms with Crippen LogP contribution in [-0.2, 0) is 6.54 Å². The maximum atomic E-state index is 12.2. The van der Waals surface area contributed by atoms with Crippen LogP contribution in [-0.4, -0.2) is 62.6 Å². The van der Waals surface area contributed by atoms with Crippen LogP contribution in [0.2, 0.25) is 0 Å². The number of alkyl halides is 2. The summed E-state index contributed by atoms with van der Waals surface area (Å²) in [7, 11) is 3.73. The molecule has 0 bridgehead atoms. The number of hydrogen-bond donors (Lipinski definition) is 1. The van der Waals surface area contributed by atoms with Crippen molar-refractivity contribution < 1.29 is 13.5 Å². The van der Waals surface area contributed by atoms with Gasteiger partial charge in [0, 0.05) is 27.2 Å². The number of benzene rings is 1. The monoisotopic (exact) mass is 496 g/mol. The summed E-state index contributed by atoms with van der Waals surface area (Å²) in [6.45, 7) is 2.42. The lowest BCUT2D eigenvalue weighted by atomic mass is 10.2. The van der Waals surface area contributed by atoms with E-state index in [1.54, 1.807) is 31.3 Å². The highest BCUT2D eigenvalue weighted by atomic mass is 127. The Kier molecular flexibility index (Phi) is 11.6. The molecule has 1 fully saturated rings. The van der Waals surface area contributed by atoms with Crippen LogP contribution < -0.4 is 10.1 Å². The Labute approximate surface area is 178 Å². The number of guanidine groups is 1. The van der Waals surface area contributed by atoms with E-state index in [-0.39, 0.29) is 29.7 Å². The first-order chi connectivity index (χ1) is 12.6. The minimum absolute atomic E-state index is 0. The van der Waals surface area contributed by atoms with Gasteiger partial charge in [-0.3, -0.25) is 4.99 Å². The van der Waals surface area contributed by atoms with Crippen molar-refractivity contribution in [2.45, 2.75) is 38.8 Å². The van der Waals surface area contributed by atoms with E-state index in [9.17, 15) is 8.78 Å². The minimum Gasteiger partial charge on any atom is -0.435 e. The Morgan fingerprint density at radius 3 is 2.48 bits per heavy atom. The quantitative estimate of drug-likeness (QED) is 0.245. The number of rotatable bonds is 9. The smallest absolute Gasteiger partial charge is 0.387 e. The van der Waals surface area contributed by atoms with E-state index in [1.807, 2.05) is 11.9 Å². The van der Waals surface area contributed by atoms with E-state index >= 15 is 0 Å². The van der Waals surface area contributed by atoms with Crippen LogP contribution in [0, 0.1) is 0 Å². The Balaban J connectivity index is 0.00000364. The summed E-state index contributed by atoms with van der Waals surface area (Å²) in [5.41, 5.74) is 1.01. The predicted molar refractivity (Wildman–Crippen MR) is 116 cm³/mol. The Morgan fingerprint density at radius 2 is 1.89 bits per heavy atom. The van der Waals surface area contributed by atoms with E-state index in [0.717, 1.165) is 24.5 Å². The topological polar surface area (TPSA) is 40.1 Å². The third-order valence-corrected chi connectivity index (χ3v) is 4.52. The van der Waals surface area contributed by atoms with Gasteiger partial charge in [-0.15, -0.1) is 24.0 Å². The second kappa shape index (κ2) is 13.1. The average Bonchev–Trinajstić information content (AvgIpc) is 3.12. The zero-order chi connectivity index (χ0) is 18.8. The van der Waals surface area contributed by atoms with Gasteiger partial charge in [0.25, 0.3) is 0 Å². The highest BCUT2D eigenvalue weighted by Crippen LogP contribution is 2.15. The van der Waals surface area contributed by atoms with Crippen LogP contribution in [0.4, 0.5) is 8.78 Å². The van der Waals surface area contributed by atoms with Crippen LogP contribution in [0.1, 0.15) is 31.2 Å². The average molecular weight is 496 g/mol. The molecule has 0 unspecified atom stereocenters. The van der Waals surface area contributed by atoms with Crippen molar-refractivity contribution in [3.63, 3.8) is 0 Å². The molecule has 5 nitrogen and oxygen atoms in total. The number of nitrogens with one attached hydrogen (secondary N) is 1. The highest BCUT2D eigenvalue weighted by molar-refractivity contribution is 14.0. The molecule has 0 aromatic heterocycles. The maximum absolute atomic E-state index is 12.2. The molecule has 0 atom stereocenters. The summed E-state index contributed by atoms with van der Waals surface area (Å²) in [4.78, 5) is 8.86. The number of likely N-dealkylation sites (tertiary alicyclic amines) is 1. The van der Waals surface area contributed by atoms with Crippen molar-refractivity contribution in [1.29, 1.82) is 0 Å². The van der Waals surface area contributed by atoms with Gasteiger partial charge in [-0.05, 0) is 63.0 Å². The van der Waals surface area contributed by atoms with Gasteiger partial charge in [0.15, 0.2) is 5.96 Å². The maximum Gasteiger partial charge on any atom is 0.387 e. The van der Waals surface area contributed by atoms with Gasteiger partial charge < -0.3 is 19.9 Å². The van der Waals surface area contributed by atoms with Crippen molar-refractivity contribution in [2.24, 2.45) is 4.99 Å². The fourth-order valence-electron chi connectivity index (χ4n) is 3.18. The molecule has 0 amide bonds. The third-order valence-electron chi connectivity index (χ3n) is 4.52. The fraction of sp³-hybridized carbons (Fsp3) is 0.632. The molecule has 1 aliphatic rings. The summed E-state index contributed by atoms with van der Waals surface area (Å²) in [6.07, 6.45) is 4.98. The zero-order valence-electron chi connectivity index (χ0n) is 16.2. The van der Waals surface area contributed by atoms with Gasteiger partial charge in [0.1, 0.15) is 5.75 Å². The van der Waals surface area contributed by atoms with Crippen LogP contribution in [0.15, 0.2) is 29.3 Å². The number of halogens is 3. The molecule has 1 aromatic carbocycles. The first-order valence-corrected chi connectivity index (χ1v) is 9.26. The lowest BCUT2D eigenvalue weighted by Crippen LogP contribution is -2.39. The molecule has 8 heteroatoms. The van der Waals surface area contributed by atoms with Gasteiger partial charge in [-0.2, -0.15) is 8.78 Å². The molecular weight excluding hydrogens is 465 g/mol. The van der Waals surface area contributed by atoms with Gasteiger partial charge in [0.05, 0.1) is 0 Å². The molecule has 0 aliphatic carbocycles. The van der Waals surface area contributed by atoms with Crippen LogP contribution >= 0.6 is 24.0 Å². The number of nitrogens with zero attached hydrogens (tertiary/aromatic N) is 3. The number of hydrogen-bond acceptors (Lipinski definition) is 3. The molecule has 154 valence electrons. The molecule has 0 radical (unpaired) electrons. The first kappa shape index (κ1) is 23.9. The second-order valence-electron chi connectivity index (χ2n) is 6.61. The van der Waals surface area contributed by atoms with E-state index in [1.165, 1.54) is 38.9 Å². The van der Waals surface area contributed by atoms with Crippen LogP contribution in [0.5, 0.6) is 5.75 Å². The molecule has 2 rings (SSSR count). The summed E-state index contributed by atoms with van der Waals surface area (Å²) in [5, 5.41) is 3.39. The van der Waals surface area contributed by atoms with Crippen molar-refractivity contribution in [1.82, 2.24) is 15.1 Å². The van der Waals surface area contributed by atoms with E-state index in [4.69, 9.17) is 0 Å². The van der Waals surface area contributed by atoms with E-state index < -0.39 is 6.61 Å². The van der Waals surface area contributed by atoms with Gasteiger partial charge in [-0.1, -0.05) is 12.1 Å². The molecule has 1 heterocycles. The summed E-state index contributed by atoms with van der Waals surface area (Å²) >= 11 is 0.